The van der Waals surface area contributed by atoms with Crippen molar-refractivity contribution < 1.29 is 4.39 Å². The zero-order chi connectivity index (χ0) is 14.0. The maximum atomic E-state index is 13.4. The Balaban J connectivity index is 2.31. The van der Waals surface area contributed by atoms with Crippen LogP contribution in [-0.4, -0.2) is 9.55 Å². The molecule has 2 rings (SSSR count). The van der Waals surface area contributed by atoms with Crippen LogP contribution in [0.15, 0.2) is 33.9 Å². The van der Waals surface area contributed by atoms with Crippen molar-refractivity contribution in [2.24, 2.45) is 7.05 Å². The molecule has 0 spiro atoms. The second-order valence-electron chi connectivity index (χ2n) is 4.02. The summed E-state index contributed by atoms with van der Waals surface area (Å²) in [5.74, 6) is -0.375. The van der Waals surface area contributed by atoms with E-state index in [1.165, 1.54) is 13.1 Å². The van der Waals surface area contributed by atoms with Crippen LogP contribution in [0, 0.1) is 5.82 Å². The van der Waals surface area contributed by atoms with Gasteiger partial charge in [0.15, 0.2) is 0 Å². The lowest BCUT2D eigenvalue weighted by Crippen LogP contribution is -2.32. The molecule has 0 radical (unpaired) electrons. The minimum absolute atomic E-state index is 0.00471. The van der Waals surface area contributed by atoms with Gasteiger partial charge >= 0.3 is 5.69 Å². The lowest BCUT2D eigenvalue weighted by molar-refractivity contribution is 0.613. The summed E-state index contributed by atoms with van der Waals surface area (Å²) in [5, 5.41) is 2.74. The number of hydrogen-bond donors (Lipinski definition) is 3. The topological polar surface area (TPSA) is 92.9 Å². The SMILES string of the molecule is Cn1c(N)c(NCc2ccccc2F)c(=O)[nH]c1=O. The van der Waals surface area contributed by atoms with Crippen molar-refractivity contribution in [3.05, 3.63) is 56.5 Å². The minimum atomic E-state index is -0.628. The fraction of sp³-hybridized carbons (Fsp3) is 0.167. The standard InChI is InChI=1S/C12H13FN4O2/c1-17-10(14)9(11(18)16-12(17)19)15-6-7-4-2-3-5-8(7)13/h2-5,15H,6,14H2,1H3,(H,16,18,19). The van der Waals surface area contributed by atoms with Crippen LogP contribution in [0.2, 0.25) is 0 Å². The molecule has 0 bridgehead atoms. The number of aromatic nitrogens is 2. The van der Waals surface area contributed by atoms with Crippen LogP contribution in [0.1, 0.15) is 5.56 Å². The molecule has 1 aromatic heterocycles. The molecule has 0 atom stereocenters. The highest BCUT2D eigenvalue weighted by molar-refractivity contribution is 5.60. The Bertz CT molecular complexity index is 720. The molecule has 100 valence electrons. The number of hydrogen-bond acceptors (Lipinski definition) is 4. The molecule has 0 aliphatic rings. The van der Waals surface area contributed by atoms with Crippen LogP contribution in [0.5, 0.6) is 0 Å². The molecule has 0 saturated carbocycles. The maximum absolute atomic E-state index is 13.4. The number of benzene rings is 1. The molecule has 19 heavy (non-hydrogen) atoms. The van der Waals surface area contributed by atoms with Gasteiger partial charge in [0.2, 0.25) is 0 Å². The molecule has 4 N–H and O–H groups in total. The number of nitrogens with zero attached hydrogens (tertiary/aromatic N) is 1. The van der Waals surface area contributed by atoms with Gasteiger partial charge in [-0.15, -0.1) is 0 Å². The predicted molar refractivity (Wildman–Crippen MR) is 70.4 cm³/mol. The number of rotatable bonds is 3. The van der Waals surface area contributed by atoms with Crippen LogP contribution in [-0.2, 0) is 13.6 Å². The van der Waals surface area contributed by atoms with Crippen molar-refractivity contribution in [2.45, 2.75) is 6.54 Å². The average Bonchev–Trinajstić information content (AvgIpc) is 2.38. The first-order valence-electron chi connectivity index (χ1n) is 5.56. The lowest BCUT2D eigenvalue weighted by Gasteiger charge is -2.11. The van der Waals surface area contributed by atoms with E-state index in [0.29, 0.717) is 5.56 Å². The van der Waals surface area contributed by atoms with E-state index in [1.54, 1.807) is 18.2 Å². The first-order chi connectivity index (χ1) is 9.00. The third-order valence-corrected chi connectivity index (χ3v) is 2.78. The fourth-order valence-electron chi connectivity index (χ4n) is 1.63. The Morgan fingerprint density at radius 2 is 2.05 bits per heavy atom. The van der Waals surface area contributed by atoms with Gasteiger partial charge in [-0.05, 0) is 6.07 Å². The third kappa shape index (κ3) is 2.49. The second kappa shape index (κ2) is 4.97. The quantitative estimate of drug-likeness (QED) is 0.748. The third-order valence-electron chi connectivity index (χ3n) is 2.78. The van der Waals surface area contributed by atoms with E-state index in [-0.39, 0.29) is 23.9 Å². The normalized spacial score (nSPS) is 10.4. The number of aromatic amines is 1. The molecule has 0 saturated heterocycles. The summed E-state index contributed by atoms with van der Waals surface area (Å²) in [6.45, 7) is 0.0954. The van der Waals surface area contributed by atoms with Crippen LogP contribution < -0.4 is 22.3 Å². The van der Waals surface area contributed by atoms with Crippen LogP contribution in [0.25, 0.3) is 0 Å². The van der Waals surface area contributed by atoms with Crippen LogP contribution >= 0.6 is 0 Å². The van der Waals surface area contributed by atoms with E-state index < -0.39 is 11.2 Å². The Morgan fingerprint density at radius 3 is 2.74 bits per heavy atom. The number of H-pyrrole nitrogens is 1. The van der Waals surface area contributed by atoms with Crippen molar-refractivity contribution >= 4 is 11.5 Å². The highest BCUT2D eigenvalue weighted by Gasteiger charge is 2.10. The van der Waals surface area contributed by atoms with Gasteiger partial charge in [-0.1, -0.05) is 18.2 Å². The van der Waals surface area contributed by atoms with Gasteiger partial charge in [0.25, 0.3) is 5.56 Å². The van der Waals surface area contributed by atoms with E-state index in [1.807, 2.05) is 0 Å². The molecule has 0 aliphatic carbocycles. The minimum Gasteiger partial charge on any atom is -0.383 e. The molecule has 0 fully saturated rings. The largest absolute Gasteiger partial charge is 0.383 e. The zero-order valence-electron chi connectivity index (χ0n) is 10.2. The van der Waals surface area contributed by atoms with Gasteiger partial charge in [-0.3, -0.25) is 14.3 Å². The lowest BCUT2D eigenvalue weighted by atomic mass is 10.2. The van der Waals surface area contributed by atoms with E-state index in [2.05, 4.69) is 10.3 Å². The van der Waals surface area contributed by atoms with E-state index in [9.17, 15) is 14.0 Å². The van der Waals surface area contributed by atoms with Gasteiger partial charge in [-0.2, -0.15) is 0 Å². The van der Waals surface area contributed by atoms with Crippen molar-refractivity contribution in [3.63, 3.8) is 0 Å². The molecule has 0 amide bonds. The van der Waals surface area contributed by atoms with E-state index in [4.69, 9.17) is 5.73 Å². The van der Waals surface area contributed by atoms with Crippen LogP contribution in [0.3, 0.4) is 0 Å². The Morgan fingerprint density at radius 1 is 1.37 bits per heavy atom. The molecule has 0 aliphatic heterocycles. The number of nitrogens with two attached hydrogens (primary N) is 1. The Labute approximate surface area is 107 Å². The molecule has 1 aromatic carbocycles. The molecule has 7 heteroatoms. The maximum Gasteiger partial charge on any atom is 0.329 e. The van der Waals surface area contributed by atoms with E-state index >= 15 is 0 Å². The molecular formula is C12H13FN4O2. The summed E-state index contributed by atoms with van der Waals surface area (Å²) >= 11 is 0. The summed E-state index contributed by atoms with van der Waals surface area (Å²) in [7, 11) is 1.43. The molecular weight excluding hydrogens is 251 g/mol. The number of nitrogens with one attached hydrogen (secondary N) is 2. The first kappa shape index (κ1) is 12.9. The number of anilines is 2. The zero-order valence-corrected chi connectivity index (χ0v) is 10.2. The molecule has 0 unspecified atom stereocenters. The van der Waals surface area contributed by atoms with Crippen molar-refractivity contribution in [1.82, 2.24) is 9.55 Å². The number of nitrogen functional groups attached to an aromatic ring is 1. The second-order valence-corrected chi connectivity index (χ2v) is 4.02. The van der Waals surface area contributed by atoms with Crippen molar-refractivity contribution in [2.75, 3.05) is 11.1 Å². The van der Waals surface area contributed by atoms with Gasteiger partial charge in [0, 0.05) is 19.2 Å². The highest BCUT2D eigenvalue weighted by Crippen LogP contribution is 2.12. The summed E-state index contributed by atoms with van der Waals surface area (Å²) < 4.78 is 14.5. The van der Waals surface area contributed by atoms with E-state index in [0.717, 1.165) is 4.57 Å². The highest BCUT2D eigenvalue weighted by atomic mass is 19.1. The van der Waals surface area contributed by atoms with Crippen molar-refractivity contribution in [1.29, 1.82) is 0 Å². The molecule has 2 aromatic rings. The van der Waals surface area contributed by atoms with Gasteiger partial charge in [-0.25, -0.2) is 9.18 Å². The predicted octanol–water partition coefficient (Wildman–Crippen LogP) is 0.407. The van der Waals surface area contributed by atoms with Gasteiger partial charge < -0.3 is 11.1 Å². The Kier molecular flexibility index (Phi) is 3.37. The Hall–Kier alpha value is -2.57. The van der Waals surface area contributed by atoms with Gasteiger partial charge in [0.1, 0.15) is 17.3 Å². The molecule has 1 heterocycles. The van der Waals surface area contributed by atoms with Crippen molar-refractivity contribution in [3.8, 4) is 0 Å². The summed E-state index contributed by atoms with van der Waals surface area (Å²) in [5.41, 5.74) is 4.89. The van der Waals surface area contributed by atoms with Crippen LogP contribution in [0.4, 0.5) is 15.9 Å². The number of halogens is 1. The monoisotopic (exact) mass is 264 g/mol. The summed E-state index contributed by atoms with van der Waals surface area (Å²) in [6, 6.07) is 6.18. The first-order valence-corrected chi connectivity index (χ1v) is 5.56. The fourth-order valence-corrected chi connectivity index (χ4v) is 1.63. The summed E-state index contributed by atoms with van der Waals surface area (Å²) in [6.07, 6.45) is 0. The average molecular weight is 264 g/mol. The molecule has 6 nitrogen and oxygen atoms in total. The van der Waals surface area contributed by atoms with Gasteiger partial charge in [0.05, 0.1) is 0 Å². The smallest absolute Gasteiger partial charge is 0.329 e. The summed E-state index contributed by atoms with van der Waals surface area (Å²) in [4.78, 5) is 25.0.